The number of rotatable bonds is 2. The number of ether oxygens (including phenoxy) is 1. The molecule has 16 heavy (non-hydrogen) atoms. The normalized spacial score (nSPS) is 23.9. The van der Waals surface area contributed by atoms with Crippen LogP contribution in [-0.4, -0.2) is 29.8 Å². The Labute approximate surface area is 92.0 Å². The fourth-order valence-corrected chi connectivity index (χ4v) is 1.84. The van der Waals surface area contributed by atoms with Gasteiger partial charge < -0.3 is 15.2 Å². The topological polar surface area (TPSA) is 75.6 Å². The Bertz CT molecular complexity index is 404. The number of carbonyl (C=O) groups is 2. The van der Waals surface area contributed by atoms with Gasteiger partial charge in [-0.15, -0.1) is 0 Å². The first-order valence-electron chi connectivity index (χ1n) is 4.90. The lowest BCUT2D eigenvalue weighted by atomic mass is 9.96. The summed E-state index contributed by atoms with van der Waals surface area (Å²) in [4.78, 5) is 21.9. The monoisotopic (exact) mass is 221 g/mol. The van der Waals surface area contributed by atoms with Crippen molar-refractivity contribution in [3.8, 4) is 0 Å². The molecule has 0 saturated carbocycles. The summed E-state index contributed by atoms with van der Waals surface area (Å²) in [5.41, 5.74) is 0.895. The maximum Gasteiger partial charge on any atom is 0.506 e. The van der Waals surface area contributed by atoms with E-state index in [1.54, 1.807) is 0 Å². The van der Waals surface area contributed by atoms with Crippen molar-refractivity contribution >= 4 is 12.1 Å². The number of carbonyl (C=O) groups excluding carboxylic acids is 1. The molecule has 0 aliphatic carbocycles. The Morgan fingerprint density at radius 2 is 2.06 bits per heavy atom. The first-order chi connectivity index (χ1) is 7.68. The predicted molar refractivity (Wildman–Crippen MR) is 55.1 cm³/mol. The SMILES string of the molecule is O=C(O)O[C@H]1C(=O)NC[C@@H]1c1ccccc1. The van der Waals surface area contributed by atoms with Crippen molar-refractivity contribution in [2.75, 3.05) is 6.54 Å². The molecule has 1 aromatic rings. The number of nitrogens with one attached hydrogen (secondary N) is 1. The summed E-state index contributed by atoms with van der Waals surface area (Å²) in [6.07, 6.45) is -2.37. The van der Waals surface area contributed by atoms with E-state index in [1.807, 2.05) is 30.3 Å². The minimum absolute atomic E-state index is 0.246. The van der Waals surface area contributed by atoms with Gasteiger partial charge in [0.1, 0.15) is 0 Å². The molecule has 1 fully saturated rings. The second kappa shape index (κ2) is 4.22. The Balaban J connectivity index is 2.21. The fourth-order valence-electron chi connectivity index (χ4n) is 1.84. The zero-order valence-electron chi connectivity index (χ0n) is 8.42. The summed E-state index contributed by atoms with van der Waals surface area (Å²) in [5.74, 6) is -0.624. The van der Waals surface area contributed by atoms with Gasteiger partial charge in [0.2, 0.25) is 0 Å². The van der Waals surface area contributed by atoms with Crippen molar-refractivity contribution in [2.45, 2.75) is 12.0 Å². The molecule has 1 amide bonds. The largest absolute Gasteiger partial charge is 0.506 e. The van der Waals surface area contributed by atoms with Gasteiger partial charge in [-0.05, 0) is 5.56 Å². The Kier molecular flexibility index (Phi) is 2.76. The van der Waals surface area contributed by atoms with E-state index in [2.05, 4.69) is 10.1 Å². The average molecular weight is 221 g/mol. The highest BCUT2D eigenvalue weighted by Crippen LogP contribution is 2.25. The quantitative estimate of drug-likeness (QED) is 0.729. The summed E-state index contributed by atoms with van der Waals surface area (Å²) in [7, 11) is 0. The summed E-state index contributed by atoms with van der Waals surface area (Å²) >= 11 is 0. The van der Waals surface area contributed by atoms with Crippen LogP contribution >= 0.6 is 0 Å². The van der Waals surface area contributed by atoms with Gasteiger partial charge in [0, 0.05) is 12.5 Å². The highest BCUT2D eigenvalue weighted by atomic mass is 16.7. The van der Waals surface area contributed by atoms with E-state index in [0.717, 1.165) is 5.56 Å². The third-order valence-corrected chi connectivity index (χ3v) is 2.58. The van der Waals surface area contributed by atoms with Crippen molar-refractivity contribution in [1.29, 1.82) is 0 Å². The number of hydrogen-bond donors (Lipinski definition) is 2. The zero-order chi connectivity index (χ0) is 11.5. The van der Waals surface area contributed by atoms with E-state index < -0.39 is 12.3 Å². The van der Waals surface area contributed by atoms with Crippen LogP contribution in [0.25, 0.3) is 0 Å². The number of amides is 1. The molecule has 84 valence electrons. The van der Waals surface area contributed by atoms with Crippen molar-refractivity contribution in [2.24, 2.45) is 0 Å². The molecule has 1 aliphatic rings. The molecule has 0 spiro atoms. The van der Waals surface area contributed by atoms with Crippen molar-refractivity contribution in [3.63, 3.8) is 0 Å². The zero-order valence-corrected chi connectivity index (χ0v) is 8.42. The van der Waals surface area contributed by atoms with Crippen LogP contribution in [0.4, 0.5) is 4.79 Å². The molecule has 2 atom stereocenters. The molecular weight excluding hydrogens is 210 g/mol. The molecule has 0 unspecified atom stereocenters. The molecule has 0 aromatic heterocycles. The minimum Gasteiger partial charge on any atom is -0.450 e. The van der Waals surface area contributed by atoms with Crippen LogP contribution in [0.5, 0.6) is 0 Å². The van der Waals surface area contributed by atoms with E-state index in [0.29, 0.717) is 6.54 Å². The van der Waals surface area contributed by atoms with E-state index >= 15 is 0 Å². The molecule has 2 rings (SSSR count). The van der Waals surface area contributed by atoms with Crippen LogP contribution in [-0.2, 0) is 9.53 Å². The van der Waals surface area contributed by atoms with Gasteiger partial charge in [0.05, 0.1) is 0 Å². The number of benzene rings is 1. The smallest absolute Gasteiger partial charge is 0.450 e. The third kappa shape index (κ3) is 1.98. The Hall–Kier alpha value is -2.04. The minimum atomic E-state index is -1.43. The van der Waals surface area contributed by atoms with Crippen LogP contribution in [0.2, 0.25) is 0 Å². The molecule has 1 aromatic carbocycles. The van der Waals surface area contributed by atoms with E-state index in [-0.39, 0.29) is 11.8 Å². The van der Waals surface area contributed by atoms with Crippen LogP contribution in [0, 0.1) is 0 Å². The second-order valence-corrected chi connectivity index (χ2v) is 3.57. The van der Waals surface area contributed by atoms with E-state index in [9.17, 15) is 9.59 Å². The first kappa shape index (κ1) is 10.5. The molecule has 0 radical (unpaired) electrons. The van der Waals surface area contributed by atoms with Crippen molar-refractivity contribution in [3.05, 3.63) is 35.9 Å². The summed E-state index contributed by atoms with van der Waals surface area (Å²) in [6.45, 7) is 0.404. The summed E-state index contributed by atoms with van der Waals surface area (Å²) in [5, 5.41) is 11.2. The summed E-state index contributed by atoms with van der Waals surface area (Å²) < 4.78 is 4.60. The highest BCUT2D eigenvalue weighted by molar-refractivity contribution is 5.86. The van der Waals surface area contributed by atoms with Crippen LogP contribution < -0.4 is 5.32 Å². The second-order valence-electron chi connectivity index (χ2n) is 3.57. The Morgan fingerprint density at radius 3 is 2.69 bits per heavy atom. The Morgan fingerprint density at radius 1 is 1.38 bits per heavy atom. The van der Waals surface area contributed by atoms with Crippen LogP contribution in [0.1, 0.15) is 11.5 Å². The lowest BCUT2D eigenvalue weighted by Gasteiger charge is -2.15. The number of hydrogen-bond acceptors (Lipinski definition) is 3. The maximum absolute atomic E-state index is 11.4. The van der Waals surface area contributed by atoms with Gasteiger partial charge >= 0.3 is 6.16 Å². The van der Waals surface area contributed by atoms with Gasteiger partial charge in [-0.1, -0.05) is 30.3 Å². The maximum atomic E-state index is 11.4. The molecule has 1 heterocycles. The van der Waals surface area contributed by atoms with E-state index in [1.165, 1.54) is 0 Å². The number of carboxylic acid groups (broad SMARTS) is 1. The summed E-state index contributed by atoms with van der Waals surface area (Å²) in [6, 6.07) is 9.25. The molecule has 5 nitrogen and oxygen atoms in total. The highest BCUT2D eigenvalue weighted by Gasteiger charge is 2.38. The van der Waals surface area contributed by atoms with Gasteiger partial charge in [-0.3, -0.25) is 4.79 Å². The van der Waals surface area contributed by atoms with Crippen LogP contribution in [0.15, 0.2) is 30.3 Å². The molecule has 1 saturated heterocycles. The van der Waals surface area contributed by atoms with E-state index in [4.69, 9.17) is 5.11 Å². The van der Waals surface area contributed by atoms with Crippen molar-refractivity contribution in [1.82, 2.24) is 5.32 Å². The predicted octanol–water partition coefficient (Wildman–Crippen LogP) is 0.963. The average Bonchev–Trinajstić information content (AvgIpc) is 2.61. The lowest BCUT2D eigenvalue weighted by molar-refractivity contribution is -0.127. The molecule has 5 heteroatoms. The fraction of sp³-hybridized carbons (Fsp3) is 0.273. The standard InChI is InChI=1S/C11H11NO4/c13-10-9(16-11(14)15)8(6-12-10)7-4-2-1-3-5-7/h1-5,8-9H,6H2,(H,12,13)(H,14,15)/t8-,9-/m1/s1. The van der Waals surface area contributed by atoms with Gasteiger partial charge in [-0.2, -0.15) is 0 Å². The molecule has 0 bridgehead atoms. The molecular formula is C11H11NO4. The first-order valence-corrected chi connectivity index (χ1v) is 4.90. The third-order valence-electron chi connectivity index (χ3n) is 2.58. The molecule has 2 N–H and O–H groups in total. The van der Waals surface area contributed by atoms with Gasteiger partial charge in [0.15, 0.2) is 6.10 Å². The van der Waals surface area contributed by atoms with Crippen LogP contribution in [0.3, 0.4) is 0 Å². The van der Waals surface area contributed by atoms with Crippen molar-refractivity contribution < 1.29 is 19.4 Å². The van der Waals surface area contributed by atoms with Gasteiger partial charge in [-0.25, -0.2) is 4.79 Å². The lowest BCUT2D eigenvalue weighted by Crippen LogP contribution is -2.29. The van der Waals surface area contributed by atoms with Gasteiger partial charge in [0.25, 0.3) is 5.91 Å². The molecule has 1 aliphatic heterocycles.